The second kappa shape index (κ2) is 4.92. The van der Waals surface area contributed by atoms with E-state index in [2.05, 4.69) is 72.8 Å². The van der Waals surface area contributed by atoms with Crippen LogP contribution in [0.2, 0.25) is 0 Å². The minimum absolute atomic E-state index is 0.0381. The third-order valence-corrected chi connectivity index (χ3v) is 5.92. The molecule has 0 N–H and O–H groups in total. The third-order valence-electron chi connectivity index (χ3n) is 5.92. The lowest BCUT2D eigenvalue weighted by Gasteiger charge is -2.50. The number of carbonyl (C=O) groups is 1. The summed E-state index contributed by atoms with van der Waals surface area (Å²) < 4.78 is 0. The zero-order chi connectivity index (χ0) is 17.2. The largest absolute Gasteiger partial charge is 0.298 e. The summed E-state index contributed by atoms with van der Waals surface area (Å²) in [6.45, 7) is 4.04. The number of carbonyl (C=O) groups excluding carboxylic acids is 1. The summed E-state index contributed by atoms with van der Waals surface area (Å²) in [5, 5.41) is 0. The van der Waals surface area contributed by atoms with E-state index in [0.717, 1.165) is 0 Å². The van der Waals surface area contributed by atoms with Crippen LogP contribution in [0.15, 0.2) is 72.8 Å². The third kappa shape index (κ3) is 1.61. The minimum atomic E-state index is -0.674. The van der Waals surface area contributed by atoms with Crippen molar-refractivity contribution in [1.29, 1.82) is 0 Å². The summed E-state index contributed by atoms with van der Waals surface area (Å²) in [7, 11) is 0. The molecule has 0 aliphatic heterocycles. The van der Waals surface area contributed by atoms with Gasteiger partial charge in [0.1, 0.15) is 5.41 Å². The molecule has 3 aliphatic carbocycles. The van der Waals surface area contributed by atoms with Crippen molar-refractivity contribution in [3.05, 3.63) is 106 Å². The molecule has 0 spiro atoms. The van der Waals surface area contributed by atoms with Crippen molar-refractivity contribution in [2.75, 3.05) is 0 Å². The highest BCUT2D eigenvalue weighted by molar-refractivity contribution is 6.02. The molecule has 0 fully saturated rings. The molecule has 0 saturated heterocycles. The molecule has 0 heterocycles. The number of hydrogen-bond donors (Lipinski definition) is 0. The summed E-state index contributed by atoms with van der Waals surface area (Å²) in [4.78, 5) is 13.8. The van der Waals surface area contributed by atoms with Crippen LogP contribution in [-0.4, -0.2) is 5.78 Å². The van der Waals surface area contributed by atoms with E-state index < -0.39 is 5.41 Å². The van der Waals surface area contributed by atoms with Crippen LogP contribution in [-0.2, 0) is 10.2 Å². The summed E-state index contributed by atoms with van der Waals surface area (Å²) >= 11 is 0. The Labute approximate surface area is 148 Å². The topological polar surface area (TPSA) is 17.1 Å². The molecule has 0 aromatic heterocycles. The second-order valence-electron chi connectivity index (χ2n) is 7.46. The van der Waals surface area contributed by atoms with E-state index in [1.807, 2.05) is 13.8 Å². The molecule has 25 heavy (non-hydrogen) atoms. The van der Waals surface area contributed by atoms with Crippen molar-refractivity contribution in [3.8, 4) is 0 Å². The van der Waals surface area contributed by atoms with Crippen LogP contribution in [0.25, 0.3) is 0 Å². The van der Waals surface area contributed by atoms with E-state index in [0.29, 0.717) is 0 Å². The van der Waals surface area contributed by atoms with Gasteiger partial charge in [0.05, 0.1) is 0 Å². The zero-order valence-electron chi connectivity index (χ0n) is 14.5. The van der Waals surface area contributed by atoms with E-state index in [1.165, 1.54) is 33.4 Å². The summed E-state index contributed by atoms with van der Waals surface area (Å²) in [5.74, 6) is 0.479. The van der Waals surface area contributed by atoms with Gasteiger partial charge < -0.3 is 0 Å². The standard InChI is InChI=1S/C24H20O/c1-15(2)23(25)24-19-12-6-3-9-16(19)22(17-10-4-7-13-20(17)24)18-11-5-8-14-21(18)24/h3-15,22H,1-2H3. The Morgan fingerprint density at radius 1 is 0.720 bits per heavy atom. The van der Waals surface area contributed by atoms with Gasteiger partial charge in [-0.1, -0.05) is 86.6 Å². The molecule has 0 radical (unpaired) electrons. The van der Waals surface area contributed by atoms with Crippen LogP contribution in [0.3, 0.4) is 0 Å². The first-order valence-electron chi connectivity index (χ1n) is 9.00. The van der Waals surface area contributed by atoms with Gasteiger partial charge in [-0.25, -0.2) is 0 Å². The van der Waals surface area contributed by atoms with Crippen molar-refractivity contribution in [2.24, 2.45) is 5.92 Å². The Kier molecular flexibility index (Phi) is 2.88. The van der Waals surface area contributed by atoms with Crippen LogP contribution in [0.5, 0.6) is 0 Å². The van der Waals surface area contributed by atoms with E-state index in [9.17, 15) is 4.79 Å². The molecule has 1 nitrogen and oxygen atoms in total. The van der Waals surface area contributed by atoms with Crippen molar-refractivity contribution in [1.82, 2.24) is 0 Å². The highest BCUT2D eigenvalue weighted by Crippen LogP contribution is 2.59. The Balaban J connectivity index is 2.01. The Hall–Kier alpha value is -2.67. The number of benzene rings is 3. The van der Waals surface area contributed by atoms with Gasteiger partial charge in [-0.15, -0.1) is 0 Å². The van der Waals surface area contributed by atoms with Crippen LogP contribution < -0.4 is 0 Å². The highest BCUT2D eigenvalue weighted by Gasteiger charge is 2.55. The summed E-state index contributed by atoms with van der Waals surface area (Å²) in [5.41, 5.74) is 6.71. The van der Waals surface area contributed by atoms with Crippen LogP contribution in [0.4, 0.5) is 0 Å². The zero-order valence-corrected chi connectivity index (χ0v) is 14.5. The van der Waals surface area contributed by atoms with E-state index in [-0.39, 0.29) is 17.6 Å². The molecular formula is C24H20O. The SMILES string of the molecule is CC(C)C(=O)C12c3ccccc3C(c3ccccc31)c1ccccc12. The number of hydrogen-bond acceptors (Lipinski definition) is 1. The lowest BCUT2D eigenvalue weighted by Crippen LogP contribution is -2.49. The first-order valence-corrected chi connectivity index (χ1v) is 9.00. The quantitative estimate of drug-likeness (QED) is 0.644. The molecule has 2 bridgehead atoms. The van der Waals surface area contributed by atoms with E-state index >= 15 is 0 Å². The minimum Gasteiger partial charge on any atom is -0.298 e. The average molecular weight is 324 g/mol. The second-order valence-corrected chi connectivity index (χ2v) is 7.46. The normalized spacial score (nSPS) is 22.3. The van der Waals surface area contributed by atoms with E-state index in [1.54, 1.807) is 0 Å². The predicted molar refractivity (Wildman–Crippen MR) is 100.0 cm³/mol. The van der Waals surface area contributed by atoms with Crippen molar-refractivity contribution in [3.63, 3.8) is 0 Å². The molecule has 0 amide bonds. The highest BCUT2D eigenvalue weighted by atomic mass is 16.1. The first-order chi connectivity index (χ1) is 12.2. The van der Waals surface area contributed by atoms with Crippen molar-refractivity contribution in [2.45, 2.75) is 25.2 Å². The maximum absolute atomic E-state index is 13.8. The van der Waals surface area contributed by atoms with Crippen molar-refractivity contribution < 1.29 is 4.79 Å². The number of rotatable bonds is 2. The molecule has 0 saturated carbocycles. The smallest absolute Gasteiger partial charge is 0.154 e. The fourth-order valence-electron chi connectivity index (χ4n) is 5.04. The molecule has 1 heteroatoms. The first kappa shape index (κ1) is 14.7. The van der Waals surface area contributed by atoms with Crippen molar-refractivity contribution >= 4 is 5.78 Å². The average Bonchev–Trinajstić information content (AvgIpc) is 2.67. The van der Waals surface area contributed by atoms with Crippen LogP contribution in [0.1, 0.15) is 53.1 Å². The van der Waals surface area contributed by atoms with Gasteiger partial charge in [0.2, 0.25) is 0 Å². The fourth-order valence-corrected chi connectivity index (χ4v) is 5.04. The van der Waals surface area contributed by atoms with Gasteiger partial charge in [0, 0.05) is 11.8 Å². The number of ketones is 1. The molecular weight excluding hydrogens is 304 g/mol. The van der Waals surface area contributed by atoms with Crippen LogP contribution >= 0.6 is 0 Å². The van der Waals surface area contributed by atoms with E-state index in [4.69, 9.17) is 0 Å². The van der Waals surface area contributed by atoms with Gasteiger partial charge in [0.15, 0.2) is 5.78 Å². The Bertz CT molecular complexity index is 896. The molecule has 3 aliphatic rings. The molecule has 6 rings (SSSR count). The van der Waals surface area contributed by atoms with Gasteiger partial charge in [-0.3, -0.25) is 4.79 Å². The number of Topliss-reactive ketones (excluding diaryl/α,β-unsaturated/α-hetero) is 1. The lowest BCUT2D eigenvalue weighted by atomic mass is 9.50. The molecule has 0 unspecified atom stereocenters. The summed E-state index contributed by atoms with van der Waals surface area (Å²) in [6, 6.07) is 25.6. The molecule has 3 aromatic carbocycles. The maximum Gasteiger partial charge on any atom is 0.154 e. The van der Waals surface area contributed by atoms with Gasteiger partial charge in [-0.05, 0) is 33.4 Å². The molecule has 0 atom stereocenters. The fraction of sp³-hybridized carbons (Fsp3) is 0.208. The Morgan fingerprint density at radius 2 is 1.08 bits per heavy atom. The summed E-state index contributed by atoms with van der Waals surface area (Å²) in [6.07, 6.45) is 0. The maximum atomic E-state index is 13.8. The lowest BCUT2D eigenvalue weighted by molar-refractivity contribution is -0.125. The van der Waals surface area contributed by atoms with Gasteiger partial charge in [-0.2, -0.15) is 0 Å². The molecule has 3 aromatic rings. The predicted octanol–water partition coefficient (Wildman–Crippen LogP) is 5.05. The van der Waals surface area contributed by atoms with Gasteiger partial charge in [0.25, 0.3) is 0 Å². The van der Waals surface area contributed by atoms with Gasteiger partial charge >= 0.3 is 0 Å². The monoisotopic (exact) mass is 324 g/mol. The Morgan fingerprint density at radius 3 is 1.44 bits per heavy atom. The molecule has 122 valence electrons. The van der Waals surface area contributed by atoms with Crippen LogP contribution in [0, 0.1) is 5.92 Å².